The molecule has 0 saturated heterocycles. The van der Waals surface area contributed by atoms with Crippen LogP contribution in [0.5, 0.6) is 6.01 Å². The van der Waals surface area contributed by atoms with Gasteiger partial charge in [0.15, 0.2) is 0 Å². The van der Waals surface area contributed by atoms with Crippen LogP contribution in [0.2, 0.25) is 5.02 Å². The van der Waals surface area contributed by atoms with Crippen molar-refractivity contribution < 1.29 is 4.74 Å². The van der Waals surface area contributed by atoms with E-state index < -0.39 is 0 Å². The van der Waals surface area contributed by atoms with Crippen molar-refractivity contribution in [2.24, 2.45) is 5.73 Å². The maximum Gasteiger partial charge on any atom is 0.317 e. The number of nitrogens with two attached hydrogens (primary N) is 1. The van der Waals surface area contributed by atoms with Gasteiger partial charge < -0.3 is 10.5 Å². The van der Waals surface area contributed by atoms with Crippen molar-refractivity contribution in [2.75, 3.05) is 0 Å². The Morgan fingerprint density at radius 2 is 2.11 bits per heavy atom. The Hall–Kier alpha value is -1.72. The van der Waals surface area contributed by atoms with Crippen molar-refractivity contribution in [3.8, 4) is 6.01 Å². The number of hydrogen-bond donors (Lipinski definition) is 1. The number of aromatic nitrogens is 2. The smallest absolute Gasteiger partial charge is 0.317 e. The summed E-state index contributed by atoms with van der Waals surface area (Å²) in [5.74, 6) is 0. The lowest BCUT2D eigenvalue weighted by atomic mass is 10.2. The van der Waals surface area contributed by atoms with Gasteiger partial charge in [-0.15, -0.1) is 0 Å². The predicted molar refractivity (Wildman–Crippen MR) is 78.4 cm³/mol. The highest BCUT2D eigenvalue weighted by molar-refractivity contribution is 7.80. The van der Waals surface area contributed by atoms with Crippen LogP contribution in [0.3, 0.4) is 0 Å². The molecule has 6 heteroatoms. The normalized spacial score (nSPS) is 10.2. The minimum Gasteiger partial charge on any atom is -0.459 e. The summed E-state index contributed by atoms with van der Waals surface area (Å²) < 4.78 is 5.52. The summed E-state index contributed by atoms with van der Waals surface area (Å²) in [5, 5.41) is 0.643. The van der Waals surface area contributed by atoms with Crippen LogP contribution in [0, 0.1) is 6.92 Å². The van der Waals surface area contributed by atoms with Gasteiger partial charge in [0, 0.05) is 16.3 Å². The van der Waals surface area contributed by atoms with Crippen molar-refractivity contribution in [1.29, 1.82) is 0 Å². The minimum atomic E-state index is 0.216. The first-order valence-corrected chi connectivity index (χ1v) is 6.36. The first kappa shape index (κ1) is 13.7. The largest absolute Gasteiger partial charge is 0.459 e. The fourth-order valence-electron chi connectivity index (χ4n) is 1.49. The molecule has 2 rings (SSSR count). The van der Waals surface area contributed by atoms with Crippen molar-refractivity contribution in [3.63, 3.8) is 0 Å². The maximum absolute atomic E-state index is 6.04. The second-order valence-corrected chi connectivity index (χ2v) is 4.77. The monoisotopic (exact) mass is 293 g/mol. The zero-order chi connectivity index (χ0) is 13.8. The predicted octanol–water partition coefficient (Wildman–Crippen LogP) is 2.65. The highest BCUT2D eigenvalue weighted by atomic mass is 35.5. The third-order valence-corrected chi connectivity index (χ3v) is 2.98. The second-order valence-electron chi connectivity index (χ2n) is 3.92. The molecule has 0 spiro atoms. The van der Waals surface area contributed by atoms with Gasteiger partial charge in [-0.25, -0.2) is 4.98 Å². The van der Waals surface area contributed by atoms with E-state index in [0.29, 0.717) is 17.3 Å². The van der Waals surface area contributed by atoms with Crippen LogP contribution >= 0.6 is 23.8 Å². The van der Waals surface area contributed by atoms with Crippen LogP contribution in [0.25, 0.3) is 0 Å². The molecule has 1 heterocycles. The molecule has 0 radical (unpaired) electrons. The summed E-state index contributed by atoms with van der Waals surface area (Å²) in [4.78, 5) is 8.52. The fraction of sp³-hybridized carbons (Fsp3) is 0.154. The zero-order valence-corrected chi connectivity index (χ0v) is 11.8. The summed E-state index contributed by atoms with van der Waals surface area (Å²) in [5.41, 5.74) is 7.65. The third kappa shape index (κ3) is 3.62. The molecule has 2 aromatic rings. The summed E-state index contributed by atoms with van der Waals surface area (Å²) in [7, 11) is 0. The van der Waals surface area contributed by atoms with Crippen LogP contribution < -0.4 is 10.5 Å². The molecule has 0 aliphatic carbocycles. The molecule has 0 aliphatic heterocycles. The van der Waals surface area contributed by atoms with Crippen LogP contribution in [0.1, 0.15) is 17.0 Å². The molecule has 0 unspecified atom stereocenters. The molecule has 0 aliphatic rings. The van der Waals surface area contributed by atoms with Crippen molar-refractivity contribution >= 4 is 28.8 Å². The molecule has 0 bridgehead atoms. The highest BCUT2D eigenvalue weighted by Gasteiger charge is 2.07. The van der Waals surface area contributed by atoms with Gasteiger partial charge in [-0.1, -0.05) is 42.0 Å². The molecule has 19 heavy (non-hydrogen) atoms. The molecule has 1 aromatic carbocycles. The summed E-state index contributed by atoms with van der Waals surface area (Å²) >= 11 is 10.9. The van der Waals surface area contributed by atoms with E-state index in [-0.39, 0.29) is 11.0 Å². The summed E-state index contributed by atoms with van der Waals surface area (Å²) in [6.45, 7) is 2.12. The van der Waals surface area contributed by atoms with E-state index in [2.05, 4.69) is 9.97 Å². The Balaban J connectivity index is 2.16. The first-order valence-electron chi connectivity index (χ1n) is 5.58. The number of hydrogen-bond acceptors (Lipinski definition) is 4. The Morgan fingerprint density at radius 3 is 2.79 bits per heavy atom. The number of rotatable bonds is 4. The number of ether oxygens (including phenoxy) is 1. The lowest BCUT2D eigenvalue weighted by Crippen LogP contribution is -2.13. The Labute approximate surface area is 121 Å². The van der Waals surface area contributed by atoms with Crippen molar-refractivity contribution in [1.82, 2.24) is 9.97 Å². The van der Waals surface area contributed by atoms with Gasteiger partial charge in [-0.05, 0) is 19.1 Å². The lowest BCUT2D eigenvalue weighted by molar-refractivity contribution is 0.280. The van der Waals surface area contributed by atoms with Gasteiger partial charge in [0.2, 0.25) is 0 Å². The highest BCUT2D eigenvalue weighted by Crippen LogP contribution is 2.17. The first-order chi connectivity index (χ1) is 9.06. The van der Waals surface area contributed by atoms with E-state index in [4.69, 9.17) is 34.3 Å². The fourth-order valence-corrected chi connectivity index (χ4v) is 1.78. The quantitative estimate of drug-likeness (QED) is 0.878. The zero-order valence-electron chi connectivity index (χ0n) is 10.3. The molecular formula is C13H12ClN3OS. The standard InChI is InChI=1S/C13H12ClN3OS/c1-8-6-11(12(15)19)17-13(16-8)18-7-9-4-2-3-5-10(9)14/h2-6H,7H2,1H3,(H2,15,19). The van der Waals surface area contributed by atoms with Crippen LogP contribution in [0.4, 0.5) is 0 Å². The minimum absolute atomic E-state index is 0.216. The van der Waals surface area contributed by atoms with E-state index >= 15 is 0 Å². The second kappa shape index (κ2) is 5.95. The van der Waals surface area contributed by atoms with Crippen molar-refractivity contribution in [3.05, 3.63) is 52.3 Å². The van der Waals surface area contributed by atoms with E-state index in [1.165, 1.54) is 0 Å². The lowest BCUT2D eigenvalue weighted by Gasteiger charge is -2.08. The molecule has 2 N–H and O–H groups in total. The summed E-state index contributed by atoms with van der Waals surface area (Å²) in [6, 6.07) is 9.39. The molecular weight excluding hydrogens is 282 g/mol. The van der Waals surface area contributed by atoms with Gasteiger partial charge in [0.25, 0.3) is 0 Å². The van der Waals surface area contributed by atoms with Crippen molar-refractivity contribution in [2.45, 2.75) is 13.5 Å². The molecule has 4 nitrogen and oxygen atoms in total. The average molecular weight is 294 g/mol. The SMILES string of the molecule is Cc1cc(C(N)=S)nc(OCc2ccccc2Cl)n1. The van der Waals surface area contributed by atoms with E-state index in [9.17, 15) is 0 Å². The Morgan fingerprint density at radius 1 is 1.37 bits per heavy atom. The number of thiocarbonyl (C=S) groups is 1. The topological polar surface area (TPSA) is 61.0 Å². The van der Waals surface area contributed by atoms with Gasteiger partial charge in [-0.2, -0.15) is 4.98 Å². The Kier molecular flexibility index (Phi) is 4.29. The third-order valence-electron chi connectivity index (χ3n) is 2.40. The summed E-state index contributed by atoms with van der Waals surface area (Å²) in [6.07, 6.45) is 0. The number of aryl methyl sites for hydroxylation is 1. The molecule has 0 atom stereocenters. The molecule has 0 amide bonds. The maximum atomic E-state index is 6.04. The van der Waals surface area contributed by atoms with Gasteiger partial charge in [-0.3, -0.25) is 0 Å². The number of benzene rings is 1. The van der Waals surface area contributed by atoms with Crippen LogP contribution in [0.15, 0.2) is 30.3 Å². The Bertz CT molecular complexity index is 619. The van der Waals surface area contributed by atoms with Gasteiger partial charge in [0.1, 0.15) is 17.3 Å². The molecule has 98 valence electrons. The van der Waals surface area contributed by atoms with E-state index in [1.54, 1.807) is 12.1 Å². The van der Waals surface area contributed by atoms with Crippen LogP contribution in [-0.4, -0.2) is 15.0 Å². The van der Waals surface area contributed by atoms with E-state index in [0.717, 1.165) is 11.3 Å². The number of nitrogens with zero attached hydrogens (tertiary/aromatic N) is 2. The van der Waals surface area contributed by atoms with Gasteiger partial charge >= 0.3 is 6.01 Å². The van der Waals surface area contributed by atoms with E-state index in [1.807, 2.05) is 25.1 Å². The van der Waals surface area contributed by atoms with Crippen LogP contribution in [-0.2, 0) is 6.61 Å². The molecule has 1 aromatic heterocycles. The van der Waals surface area contributed by atoms with Gasteiger partial charge in [0.05, 0.1) is 0 Å². The number of halogens is 1. The average Bonchev–Trinajstić information content (AvgIpc) is 2.37. The molecule has 0 saturated carbocycles. The molecule has 0 fully saturated rings.